The average molecular weight is 291 g/mol. The summed E-state index contributed by atoms with van der Waals surface area (Å²) in [6.07, 6.45) is 1.42. The number of nitrogens with one attached hydrogen (secondary N) is 1. The number of anilines is 1. The minimum absolute atomic E-state index is 0.0187. The average Bonchev–Trinajstić information content (AvgIpc) is 2.38. The number of benzene rings is 1. The second kappa shape index (κ2) is 5.88. The largest absolute Gasteiger partial charge is 0.383 e. The highest BCUT2D eigenvalue weighted by Crippen LogP contribution is 2.25. The van der Waals surface area contributed by atoms with Gasteiger partial charge in [0.2, 0.25) is 0 Å². The molecule has 1 aromatic carbocycles. The van der Waals surface area contributed by atoms with Gasteiger partial charge in [0.15, 0.2) is 5.82 Å². The Morgan fingerprint density at radius 3 is 2.65 bits per heavy atom. The first-order chi connectivity index (χ1) is 9.49. The topological polar surface area (TPSA) is 80.9 Å². The Morgan fingerprint density at radius 2 is 2.05 bits per heavy atom. The molecule has 0 radical (unpaired) electrons. The van der Waals surface area contributed by atoms with Crippen LogP contribution in [-0.2, 0) is 0 Å². The van der Waals surface area contributed by atoms with Crippen molar-refractivity contribution in [3.63, 3.8) is 0 Å². The van der Waals surface area contributed by atoms with Gasteiger partial charge < -0.3 is 11.1 Å². The molecule has 2 aromatic rings. The van der Waals surface area contributed by atoms with Crippen LogP contribution in [0.3, 0.4) is 0 Å². The summed E-state index contributed by atoms with van der Waals surface area (Å²) >= 11 is 6.08. The number of nitrogens with zero attached hydrogens (tertiary/aromatic N) is 2. The predicted molar refractivity (Wildman–Crippen MR) is 79.5 cm³/mol. The molecule has 0 aliphatic rings. The van der Waals surface area contributed by atoms with Gasteiger partial charge in [0.25, 0.3) is 5.91 Å². The number of nitrogen functional groups attached to an aromatic ring is 1. The first kappa shape index (κ1) is 14.3. The molecule has 0 unspecified atom stereocenters. The highest BCUT2D eigenvalue weighted by atomic mass is 35.5. The van der Waals surface area contributed by atoms with Gasteiger partial charge in [-0.3, -0.25) is 4.79 Å². The van der Waals surface area contributed by atoms with Crippen molar-refractivity contribution in [3.8, 4) is 11.4 Å². The molecule has 0 saturated carbocycles. The minimum atomic E-state index is -0.289. The number of carbonyl (C=O) groups is 1. The number of hydrogen-bond donors (Lipinski definition) is 2. The van der Waals surface area contributed by atoms with Crippen molar-refractivity contribution in [2.75, 3.05) is 5.73 Å². The first-order valence-electron chi connectivity index (χ1n) is 6.17. The summed E-state index contributed by atoms with van der Waals surface area (Å²) in [6.45, 7) is 3.74. The van der Waals surface area contributed by atoms with Crippen molar-refractivity contribution >= 4 is 23.3 Å². The van der Waals surface area contributed by atoms with Crippen molar-refractivity contribution in [3.05, 3.63) is 41.0 Å². The smallest absolute Gasteiger partial charge is 0.256 e. The maximum absolute atomic E-state index is 11.9. The molecule has 0 fully saturated rings. The third-order valence-electron chi connectivity index (χ3n) is 2.60. The second-order valence-corrected chi connectivity index (χ2v) is 5.01. The monoisotopic (exact) mass is 290 g/mol. The van der Waals surface area contributed by atoms with Crippen molar-refractivity contribution < 1.29 is 4.79 Å². The molecular weight excluding hydrogens is 276 g/mol. The molecule has 20 heavy (non-hydrogen) atoms. The van der Waals surface area contributed by atoms with Crippen LogP contribution in [0.15, 0.2) is 30.5 Å². The van der Waals surface area contributed by atoms with Gasteiger partial charge in [-0.15, -0.1) is 0 Å². The van der Waals surface area contributed by atoms with E-state index in [1.54, 1.807) is 12.1 Å². The number of rotatable bonds is 3. The molecule has 0 spiro atoms. The van der Waals surface area contributed by atoms with Crippen molar-refractivity contribution in [2.45, 2.75) is 19.9 Å². The van der Waals surface area contributed by atoms with E-state index in [0.29, 0.717) is 16.4 Å². The van der Waals surface area contributed by atoms with Crippen molar-refractivity contribution in [1.82, 2.24) is 15.3 Å². The molecule has 5 nitrogen and oxygen atoms in total. The fourth-order valence-electron chi connectivity index (χ4n) is 1.68. The van der Waals surface area contributed by atoms with E-state index in [0.717, 1.165) is 0 Å². The Balaban J connectivity index is 2.36. The lowest BCUT2D eigenvalue weighted by molar-refractivity contribution is 0.0943. The zero-order chi connectivity index (χ0) is 14.7. The Morgan fingerprint density at radius 1 is 1.35 bits per heavy atom. The third-order valence-corrected chi connectivity index (χ3v) is 2.93. The Bertz CT molecular complexity index is 643. The van der Waals surface area contributed by atoms with Gasteiger partial charge in [-0.05, 0) is 26.0 Å². The summed E-state index contributed by atoms with van der Waals surface area (Å²) < 4.78 is 0. The van der Waals surface area contributed by atoms with Crippen LogP contribution in [-0.4, -0.2) is 21.9 Å². The molecule has 0 saturated heterocycles. The van der Waals surface area contributed by atoms with E-state index in [4.69, 9.17) is 17.3 Å². The fourth-order valence-corrected chi connectivity index (χ4v) is 1.90. The van der Waals surface area contributed by atoms with E-state index >= 15 is 0 Å². The van der Waals surface area contributed by atoms with E-state index in [1.165, 1.54) is 6.20 Å². The lowest BCUT2D eigenvalue weighted by atomic mass is 10.2. The summed E-state index contributed by atoms with van der Waals surface area (Å²) in [5, 5.41) is 3.28. The quantitative estimate of drug-likeness (QED) is 0.910. The number of carbonyl (C=O) groups excluding carboxylic acids is 1. The molecule has 1 heterocycles. The van der Waals surface area contributed by atoms with Crippen LogP contribution >= 0.6 is 11.6 Å². The van der Waals surface area contributed by atoms with Gasteiger partial charge in [0.05, 0.1) is 10.6 Å². The van der Waals surface area contributed by atoms with E-state index in [9.17, 15) is 4.79 Å². The molecule has 2 rings (SSSR count). The molecule has 3 N–H and O–H groups in total. The normalized spacial score (nSPS) is 10.6. The van der Waals surface area contributed by atoms with E-state index < -0.39 is 0 Å². The van der Waals surface area contributed by atoms with Crippen LogP contribution in [0.5, 0.6) is 0 Å². The van der Waals surface area contributed by atoms with E-state index in [2.05, 4.69) is 15.3 Å². The molecule has 0 aliphatic carbocycles. The van der Waals surface area contributed by atoms with E-state index in [1.807, 2.05) is 26.0 Å². The zero-order valence-corrected chi connectivity index (χ0v) is 12.0. The van der Waals surface area contributed by atoms with Gasteiger partial charge in [-0.25, -0.2) is 9.97 Å². The van der Waals surface area contributed by atoms with Crippen LogP contribution in [0, 0.1) is 0 Å². The highest BCUT2D eigenvalue weighted by molar-refractivity contribution is 6.33. The molecule has 6 heteroatoms. The van der Waals surface area contributed by atoms with Crippen molar-refractivity contribution in [2.24, 2.45) is 0 Å². The van der Waals surface area contributed by atoms with Gasteiger partial charge in [0, 0.05) is 17.8 Å². The van der Waals surface area contributed by atoms with Crippen LogP contribution < -0.4 is 11.1 Å². The van der Waals surface area contributed by atoms with Gasteiger partial charge in [-0.1, -0.05) is 23.7 Å². The van der Waals surface area contributed by atoms with Crippen LogP contribution in [0.25, 0.3) is 11.4 Å². The summed E-state index contributed by atoms with van der Waals surface area (Å²) in [5.41, 5.74) is 6.77. The zero-order valence-electron chi connectivity index (χ0n) is 11.2. The minimum Gasteiger partial charge on any atom is -0.383 e. The summed E-state index contributed by atoms with van der Waals surface area (Å²) in [4.78, 5) is 20.2. The van der Waals surface area contributed by atoms with Crippen LogP contribution in [0.4, 0.5) is 5.82 Å². The Labute approximate surface area is 122 Å². The fraction of sp³-hybridized carbons (Fsp3) is 0.214. The predicted octanol–water partition coefficient (Wildman–Crippen LogP) is 2.52. The summed E-state index contributed by atoms with van der Waals surface area (Å²) in [6, 6.07) is 7.21. The molecule has 0 atom stereocenters. The maximum atomic E-state index is 11.9. The standard InChI is InChI=1S/C14H15ClN4O/c1-8(2)18-14(20)10-7-17-13(19-12(10)16)9-5-3-4-6-11(9)15/h3-8H,1-2H3,(H,18,20)(H2,16,17,19). The Hall–Kier alpha value is -2.14. The van der Waals surface area contributed by atoms with Gasteiger partial charge >= 0.3 is 0 Å². The first-order valence-corrected chi connectivity index (χ1v) is 6.55. The molecule has 104 valence electrons. The molecule has 0 bridgehead atoms. The molecule has 1 amide bonds. The number of nitrogens with two attached hydrogens (primary N) is 1. The summed E-state index contributed by atoms with van der Waals surface area (Å²) in [5.74, 6) is 0.241. The molecule has 1 aromatic heterocycles. The number of aromatic nitrogens is 2. The third kappa shape index (κ3) is 3.05. The van der Waals surface area contributed by atoms with Gasteiger partial charge in [-0.2, -0.15) is 0 Å². The highest BCUT2D eigenvalue weighted by Gasteiger charge is 2.14. The second-order valence-electron chi connectivity index (χ2n) is 4.60. The lowest BCUT2D eigenvalue weighted by Gasteiger charge is -2.10. The lowest BCUT2D eigenvalue weighted by Crippen LogP contribution is -2.31. The Kier molecular flexibility index (Phi) is 4.20. The number of halogens is 1. The SMILES string of the molecule is CC(C)NC(=O)c1cnc(-c2ccccc2Cl)nc1N. The number of hydrogen-bond acceptors (Lipinski definition) is 4. The number of amides is 1. The summed E-state index contributed by atoms with van der Waals surface area (Å²) in [7, 11) is 0. The van der Waals surface area contributed by atoms with Crippen molar-refractivity contribution in [1.29, 1.82) is 0 Å². The van der Waals surface area contributed by atoms with Crippen LogP contribution in [0.2, 0.25) is 5.02 Å². The molecule has 0 aliphatic heterocycles. The maximum Gasteiger partial charge on any atom is 0.256 e. The van der Waals surface area contributed by atoms with Gasteiger partial charge in [0.1, 0.15) is 5.82 Å². The van der Waals surface area contributed by atoms with E-state index in [-0.39, 0.29) is 23.3 Å². The molecular formula is C14H15ClN4O. The van der Waals surface area contributed by atoms with Crippen LogP contribution in [0.1, 0.15) is 24.2 Å².